The molecule has 0 aromatic heterocycles. The van der Waals surface area contributed by atoms with Crippen LogP contribution >= 0.6 is 0 Å². The Hall–Kier alpha value is -1.68. The largest absolute Gasteiger partial charge is 0.389 e. The van der Waals surface area contributed by atoms with Gasteiger partial charge in [-0.1, -0.05) is 54.6 Å². The second-order valence-corrected chi connectivity index (χ2v) is 5.68. The van der Waals surface area contributed by atoms with E-state index in [1.165, 1.54) is 16.3 Å². The summed E-state index contributed by atoms with van der Waals surface area (Å²) in [5.74, 6) is 0. The van der Waals surface area contributed by atoms with Crippen molar-refractivity contribution in [3.63, 3.8) is 0 Å². The van der Waals surface area contributed by atoms with E-state index in [0.717, 1.165) is 6.54 Å². The maximum absolute atomic E-state index is 9.99. The highest BCUT2D eigenvalue weighted by Gasteiger charge is 2.24. The molecule has 1 aliphatic heterocycles. The van der Waals surface area contributed by atoms with Crippen molar-refractivity contribution in [1.29, 1.82) is 0 Å². The van der Waals surface area contributed by atoms with E-state index in [4.69, 9.17) is 0 Å². The number of hydrogen-bond donors (Lipinski definition) is 2. The maximum Gasteiger partial charge on any atom is 0.0993 e. The minimum Gasteiger partial charge on any atom is -0.389 e. The fourth-order valence-electron chi connectivity index (χ4n) is 3.01. The van der Waals surface area contributed by atoms with Crippen molar-refractivity contribution >= 4 is 10.8 Å². The summed E-state index contributed by atoms with van der Waals surface area (Å²) in [5.41, 5.74) is 1.25. The summed E-state index contributed by atoms with van der Waals surface area (Å²) < 4.78 is 0. The van der Waals surface area contributed by atoms with Crippen LogP contribution in [0.2, 0.25) is 0 Å². The van der Waals surface area contributed by atoms with Crippen molar-refractivity contribution in [2.75, 3.05) is 13.1 Å². The fourth-order valence-corrected chi connectivity index (χ4v) is 3.01. The highest BCUT2D eigenvalue weighted by molar-refractivity contribution is 5.86. The Bertz CT molecular complexity index is 647. The first-order valence-electron chi connectivity index (χ1n) is 7.41. The molecule has 0 saturated heterocycles. The zero-order chi connectivity index (χ0) is 14.8. The normalized spacial score (nSPS) is 24.9. The van der Waals surface area contributed by atoms with Crippen LogP contribution in [0.25, 0.3) is 10.8 Å². The van der Waals surface area contributed by atoms with Gasteiger partial charge < -0.3 is 10.2 Å². The van der Waals surface area contributed by atoms with Crippen molar-refractivity contribution < 1.29 is 10.2 Å². The van der Waals surface area contributed by atoms with E-state index in [2.05, 4.69) is 48.2 Å². The molecule has 0 aliphatic carbocycles. The second-order valence-electron chi connectivity index (χ2n) is 5.68. The first-order chi connectivity index (χ1) is 10.2. The third-order valence-electron chi connectivity index (χ3n) is 4.31. The molecule has 0 amide bonds. The van der Waals surface area contributed by atoms with Gasteiger partial charge in [0.05, 0.1) is 12.2 Å². The van der Waals surface area contributed by atoms with Crippen LogP contribution in [0.5, 0.6) is 0 Å². The van der Waals surface area contributed by atoms with Crippen molar-refractivity contribution in [1.82, 2.24) is 4.90 Å². The standard InChI is InChI=1S/C18H21NO2/c1-13(19-11-5-10-17(20)18(21)12-19)15-9-4-7-14-6-2-3-8-16(14)15/h2-10,13,17-18,20-21H,11-12H2,1H3/t13-,17+,18+/m1/s1. The van der Waals surface area contributed by atoms with Gasteiger partial charge in [-0.2, -0.15) is 0 Å². The third kappa shape index (κ3) is 2.86. The molecule has 3 rings (SSSR count). The van der Waals surface area contributed by atoms with Crippen molar-refractivity contribution in [2.45, 2.75) is 25.2 Å². The molecule has 0 spiro atoms. The Morgan fingerprint density at radius 3 is 2.71 bits per heavy atom. The van der Waals surface area contributed by atoms with Gasteiger partial charge in [0.25, 0.3) is 0 Å². The SMILES string of the molecule is C[C@H](c1cccc2ccccc12)N1CC=C[C@H](O)[C@@H](O)C1. The molecule has 0 unspecified atom stereocenters. The molecule has 0 saturated carbocycles. The highest BCUT2D eigenvalue weighted by atomic mass is 16.3. The van der Waals surface area contributed by atoms with Crippen LogP contribution in [0.1, 0.15) is 18.5 Å². The molecule has 2 N–H and O–H groups in total. The lowest BCUT2D eigenvalue weighted by Gasteiger charge is -2.30. The number of hydrogen-bond acceptors (Lipinski definition) is 3. The Labute approximate surface area is 125 Å². The molecule has 3 heteroatoms. The smallest absolute Gasteiger partial charge is 0.0993 e. The zero-order valence-corrected chi connectivity index (χ0v) is 12.2. The van der Waals surface area contributed by atoms with Gasteiger partial charge in [-0.3, -0.25) is 4.90 Å². The quantitative estimate of drug-likeness (QED) is 0.832. The summed E-state index contributed by atoms with van der Waals surface area (Å²) in [6, 6.07) is 14.9. The van der Waals surface area contributed by atoms with Crippen molar-refractivity contribution in [2.24, 2.45) is 0 Å². The molecule has 2 aromatic rings. The number of nitrogens with zero attached hydrogens (tertiary/aromatic N) is 1. The maximum atomic E-state index is 9.99. The van der Waals surface area contributed by atoms with E-state index in [-0.39, 0.29) is 6.04 Å². The van der Waals surface area contributed by atoms with Crippen LogP contribution in [0.4, 0.5) is 0 Å². The van der Waals surface area contributed by atoms with Gasteiger partial charge in [0.1, 0.15) is 0 Å². The van der Waals surface area contributed by atoms with E-state index >= 15 is 0 Å². The monoisotopic (exact) mass is 283 g/mol. The number of fused-ring (bicyclic) bond motifs is 1. The van der Waals surface area contributed by atoms with Crippen LogP contribution in [0.15, 0.2) is 54.6 Å². The van der Waals surface area contributed by atoms with Gasteiger partial charge in [-0.15, -0.1) is 0 Å². The lowest BCUT2D eigenvalue weighted by molar-refractivity contribution is 0.0217. The average Bonchev–Trinajstić information content (AvgIpc) is 2.68. The summed E-state index contributed by atoms with van der Waals surface area (Å²) in [6.45, 7) is 3.36. The molecular formula is C18H21NO2. The summed E-state index contributed by atoms with van der Waals surface area (Å²) in [5, 5.41) is 22.2. The highest BCUT2D eigenvalue weighted by Crippen LogP contribution is 2.28. The number of β-amino-alcohol motifs (C(OH)–C–C–N with tert-alkyl or cyclic N) is 1. The summed E-state index contributed by atoms with van der Waals surface area (Å²) >= 11 is 0. The second kappa shape index (κ2) is 5.98. The van der Waals surface area contributed by atoms with Crippen molar-refractivity contribution in [3.8, 4) is 0 Å². The van der Waals surface area contributed by atoms with Gasteiger partial charge in [0.15, 0.2) is 0 Å². The van der Waals surface area contributed by atoms with E-state index in [1.54, 1.807) is 6.08 Å². The molecular weight excluding hydrogens is 262 g/mol. The van der Waals surface area contributed by atoms with Crippen molar-refractivity contribution in [3.05, 3.63) is 60.2 Å². The van der Waals surface area contributed by atoms with E-state index in [9.17, 15) is 10.2 Å². The first-order valence-corrected chi connectivity index (χ1v) is 7.41. The summed E-state index contributed by atoms with van der Waals surface area (Å²) in [6.07, 6.45) is 2.11. The topological polar surface area (TPSA) is 43.7 Å². The molecule has 1 aliphatic rings. The number of benzene rings is 2. The van der Waals surface area contributed by atoms with Crippen LogP contribution in [0, 0.1) is 0 Å². The molecule has 21 heavy (non-hydrogen) atoms. The lowest BCUT2D eigenvalue weighted by atomic mass is 9.98. The summed E-state index contributed by atoms with van der Waals surface area (Å²) in [4.78, 5) is 2.19. The molecule has 110 valence electrons. The Morgan fingerprint density at radius 1 is 1.10 bits per heavy atom. The van der Waals surface area contributed by atoms with Crippen LogP contribution < -0.4 is 0 Å². The Kier molecular flexibility index (Phi) is 4.06. The number of rotatable bonds is 2. The minimum absolute atomic E-state index is 0.181. The predicted molar refractivity (Wildman–Crippen MR) is 85.1 cm³/mol. The predicted octanol–water partition coefficient (Wildman–Crippen LogP) is 2.49. The molecule has 0 radical (unpaired) electrons. The van der Waals surface area contributed by atoms with Gasteiger partial charge in [-0.25, -0.2) is 0 Å². The average molecular weight is 283 g/mol. The minimum atomic E-state index is -0.769. The first kappa shape index (κ1) is 14.3. The van der Waals surface area contributed by atoms with Crippen LogP contribution in [0.3, 0.4) is 0 Å². The van der Waals surface area contributed by atoms with Crippen LogP contribution in [-0.2, 0) is 0 Å². The van der Waals surface area contributed by atoms with Gasteiger partial charge in [0, 0.05) is 19.1 Å². The molecule has 3 atom stereocenters. The molecule has 1 heterocycles. The van der Waals surface area contributed by atoms with Gasteiger partial charge >= 0.3 is 0 Å². The molecule has 2 aromatic carbocycles. The van der Waals surface area contributed by atoms with E-state index in [0.29, 0.717) is 6.54 Å². The summed E-state index contributed by atoms with van der Waals surface area (Å²) in [7, 11) is 0. The van der Waals surface area contributed by atoms with Gasteiger partial charge in [0.2, 0.25) is 0 Å². The number of aliphatic hydroxyl groups excluding tert-OH is 2. The number of aliphatic hydroxyl groups is 2. The Morgan fingerprint density at radius 2 is 1.86 bits per heavy atom. The lowest BCUT2D eigenvalue weighted by Crippen LogP contribution is -2.37. The van der Waals surface area contributed by atoms with E-state index < -0.39 is 12.2 Å². The fraction of sp³-hybridized carbons (Fsp3) is 0.333. The molecule has 0 bridgehead atoms. The van der Waals surface area contributed by atoms with E-state index in [1.807, 2.05) is 12.1 Å². The Balaban J connectivity index is 1.93. The third-order valence-corrected chi connectivity index (χ3v) is 4.31. The van der Waals surface area contributed by atoms with Gasteiger partial charge in [-0.05, 0) is 23.3 Å². The zero-order valence-electron chi connectivity index (χ0n) is 12.2. The molecule has 3 nitrogen and oxygen atoms in total. The molecule has 0 fully saturated rings. The van der Waals surface area contributed by atoms with Crippen LogP contribution in [-0.4, -0.2) is 40.4 Å².